The minimum absolute atomic E-state index is 0.104. The van der Waals surface area contributed by atoms with Crippen LogP contribution in [-0.2, 0) is 4.79 Å². The van der Waals surface area contributed by atoms with Gasteiger partial charge in [-0.2, -0.15) is 0 Å². The summed E-state index contributed by atoms with van der Waals surface area (Å²) in [6.45, 7) is 3.26. The minimum atomic E-state index is 0.104. The molecule has 1 atom stereocenters. The number of ether oxygens (including phenoxy) is 1. The fourth-order valence-corrected chi connectivity index (χ4v) is 1.97. The lowest BCUT2D eigenvalue weighted by atomic mass is 10.1. The Hall–Kier alpha value is -1.55. The minimum Gasteiger partial charge on any atom is -0.497 e. The van der Waals surface area contributed by atoms with Gasteiger partial charge in [0.05, 0.1) is 13.7 Å². The van der Waals surface area contributed by atoms with Gasteiger partial charge in [-0.3, -0.25) is 4.79 Å². The molecule has 0 unspecified atom stereocenters. The first-order valence-corrected chi connectivity index (χ1v) is 5.39. The maximum Gasteiger partial charge on any atom is 0.241 e. The van der Waals surface area contributed by atoms with Gasteiger partial charge in [0.2, 0.25) is 5.91 Å². The van der Waals surface area contributed by atoms with E-state index in [2.05, 4.69) is 5.32 Å². The van der Waals surface area contributed by atoms with Crippen LogP contribution in [0.1, 0.15) is 6.92 Å². The second-order valence-corrected chi connectivity index (χ2v) is 3.95. The zero-order chi connectivity index (χ0) is 11.5. The van der Waals surface area contributed by atoms with Gasteiger partial charge in [-0.25, -0.2) is 0 Å². The van der Waals surface area contributed by atoms with Crippen LogP contribution in [0, 0.1) is 0 Å². The SMILES string of the molecule is COc1cccc(N2C(=O)CNC[C@H]2C)c1. The molecule has 1 aliphatic rings. The number of benzene rings is 1. The molecule has 1 fully saturated rings. The summed E-state index contributed by atoms with van der Waals surface area (Å²) in [5, 5.41) is 3.09. The first-order chi connectivity index (χ1) is 7.72. The highest BCUT2D eigenvalue weighted by molar-refractivity contribution is 5.96. The zero-order valence-corrected chi connectivity index (χ0v) is 9.56. The van der Waals surface area contributed by atoms with Crippen LogP contribution in [0.4, 0.5) is 5.69 Å². The molecule has 1 amide bonds. The number of methoxy groups -OCH3 is 1. The second kappa shape index (κ2) is 4.53. The molecule has 0 bridgehead atoms. The molecule has 1 saturated heterocycles. The largest absolute Gasteiger partial charge is 0.497 e. The summed E-state index contributed by atoms with van der Waals surface area (Å²) < 4.78 is 5.16. The monoisotopic (exact) mass is 220 g/mol. The van der Waals surface area contributed by atoms with Crippen LogP contribution in [0.2, 0.25) is 0 Å². The van der Waals surface area contributed by atoms with Crippen molar-refractivity contribution >= 4 is 11.6 Å². The third-order valence-corrected chi connectivity index (χ3v) is 2.76. The van der Waals surface area contributed by atoms with E-state index in [1.54, 1.807) is 7.11 Å². The van der Waals surface area contributed by atoms with Gasteiger partial charge in [-0.15, -0.1) is 0 Å². The van der Waals surface area contributed by atoms with Crippen LogP contribution in [0.5, 0.6) is 5.75 Å². The van der Waals surface area contributed by atoms with Crippen molar-refractivity contribution in [3.8, 4) is 5.75 Å². The summed E-state index contributed by atoms with van der Waals surface area (Å²) in [5.41, 5.74) is 0.901. The Bertz CT molecular complexity index is 392. The molecule has 0 aliphatic carbocycles. The summed E-state index contributed by atoms with van der Waals surface area (Å²) in [5.74, 6) is 0.878. The number of hydrogen-bond acceptors (Lipinski definition) is 3. The Labute approximate surface area is 95.2 Å². The van der Waals surface area contributed by atoms with E-state index in [4.69, 9.17) is 4.74 Å². The van der Waals surface area contributed by atoms with E-state index in [0.717, 1.165) is 18.0 Å². The number of hydrogen-bond donors (Lipinski definition) is 1. The molecule has 16 heavy (non-hydrogen) atoms. The third-order valence-electron chi connectivity index (χ3n) is 2.76. The zero-order valence-electron chi connectivity index (χ0n) is 9.56. The topological polar surface area (TPSA) is 41.6 Å². The predicted octanol–water partition coefficient (Wildman–Crippen LogP) is 1.02. The van der Waals surface area contributed by atoms with Crippen LogP contribution >= 0.6 is 0 Å². The lowest BCUT2D eigenvalue weighted by Crippen LogP contribution is -2.53. The van der Waals surface area contributed by atoms with E-state index in [1.165, 1.54) is 0 Å². The van der Waals surface area contributed by atoms with Gasteiger partial charge in [0, 0.05) is 24.3 Å². The number of piperazine rings is 1. The summed E-state index contributed by atoms with van der Waals surface area (Å²) in [6.07, 6.45) is 0. The molecule has 2 rings (SSSR count). The summed E-state index contributed by atoms with van der Waals surface area (Å²) in [6, 6.07) is 7.77. The standard InChI is InChI=1S/C12H16N2O2/c1-9-7-13-8-12(15)14(9)10-4-3-5-11(6-10)16-2/h3-6,9,13H,7-8H2,1-2H3/t9-/m1/s1. The number of anilines is 1. The van der Waals surface area contributed by atoms with Gasteiger partial charge in [-0.1, -0.05) is 6.07 Å². The van der Waals surface area contributed by atoms with Gasteiger partial charge < -0.3 is 15.0 Å². The van der Waals surface area contributed by atoms with Crippen molar-refractivity contribution in [1.29, 1.82) is 0 Å². The van der Waals surface area contributed by atoms with Crippen LogP contribution in [0.3, 0.4) is 0 Å². The Balaban J connectivity index is 2.30. The van der Waals surface area contributed by atoms with E-state index in [1.807, 2.05) is 36.1 Å². The lowest BCUT2D eigenvalue weighted by molar-refractivity contribution is -0.119. The fraction of sp³-hybridized carbons (Fsp3) is 0.417. The first-order valence-electron chi connectivity index (χ1n) is 5.39. The molecule has 1 aliphatic heterocycles. The number of carbonyl (C=O) groups excluding carboxylic acids is 1. The van der Waals surface area contributed by atoms with Gasteiger partial charge in [0.25, 0.3) is 0 Å². The van der Waals surface area contributed by atoms with Gasteiger partial charge >= 0.3 is 0 Å². The van der Waals surface area contributed by atoms with Crippen molar-refractivity contribution in [2.24, 2.45) is 0 Å². The quantitative estimate of drug-likeness (QED) is 0.809. The lowest BCUT2D eigenvalue weighted by Gasteiger charge is -2.34. The van der Waals surface area contributed by atoms with E-state index >= 15 is 0 Å². The maximum atomic E-state index is 11.8. The molecule has 0 radical (unpaired) electrons. The number of amides is 1. The Kier molecular flexibility index (Phi) is 3.10. The average Bonchev–Trinajstić information content (AvgIpc) is 2.29. The van der Waals surface area contributed by atoms with Gasteiger partial charge in [-0.05, 0) is 19.1 Å². The predicted molar refractivity (Wildman–Crippen MR) is 62.8 cm³/mol. The normalized spacial score (nSPS) is 21.0. The molecule has 4 heteroatoms. The molecule has 1 heterocycles. The number of rotatable bonds is 2. The molecule has 4 nitrogen and oxygen atoms in total. The smallest absolute Gasteiger partial charge is 0.241 e. The van der Waals surface area contributed by atoms with Crippen LogP contribution in [0.15, 0.2) is 24.3 Å². The average molecular weight is 220 g/mol. The van der Waals surface area contributed by atoms with Crippen molar-refractivity contribution in [3.05, 3.63) is 24.3 Å². The van der Waals surface area contributed by atoms with Gasteiger partial charge in [0.1, 0.15) is 5.75 Å². The van der Waals surface area contributed by atoms with Crippen molar-refractivity contribution in [1.82, 2.24) is 5.32 Å². The second-order valence-electron chi connectivity index (χ2n) is 3.95. The number of nitrogens with zero attached hydrogens (tertiary/aromatic N) is 1. The number of nitrogens with one attached hydrogen (secondary N) is 1. The Morgan fingerprint density at radius 3 is 3.00 bits per heavy atom. The maximum absolute atomic E-state index is 11.8. The third kappa shape index (κ3) is 2.02. The Morgan fingerprint density at radius 2 is 2.31 bits per heavy atom. The highest BCUT2D eigenvalue weighted by Crippen LogP contribution is 2.23. The molecule has 1 aromatic carbocycles. The van der Waals surface area contributed by atoms with Gasteiger partial charge in [0.15, 0.2) is 0 Å². The molecule has 86 valence electrons. The summed E-state index contributed by atoms with van der Waals surface area (Å²) in [4.78, 5) is 13.6. The summed E-state index contributed by atoms with van der Waals surface area (Å²) >= 11 is 0. The van der Waals surface area contributed by atoms with Crippen molar-refractivity contribution in [2.45, 2.75) is 13.0 Å². The van der Waals surface area contributed by atoms with Crippen LogP contribution < -0.4 is 15.0 Å². The van der Waals surface area contributed by atoms with E-state index in [-0.39, 0.29) is 11.9 Å². The first kappa shape index (κ1) is 11.0. The van der Waals surface area contributed by atoms with E-state index in [9.17, 15) is 4.79 Å². The molecule has 0 spiro atoms. The van der Waals surface area contributed by atoms with Crippen LogP contribution in [0.25, 0.3) is 0 Å². The molecular weight excluding hydrogens is 204 g/mol. The summed E-state index contributed by atoms with van der Waals surface area (Å²) in [7, 11) is 1.63. The van der Waals surface area contributed by atoms with Crippen molar-refractivity contribution in [3.63, 3.8) is 0 Å². The molecule has 0 aromatic heterocycles. The molecule has 1 aromatic rings. The highest BCUT2D eigenvalue weighted by atomic mass is 16.5. The number of carbonyl (C=O) groups is 1. The molecule has 1 N–H and O–H groups in total. The van der Waals surface area contributed by atoms with Crippen LogP contribution in [-0.4, -0.2) is 32.1 Å². The van der Waals surface area contributed by atoms with E-state index < -0.39 is 0 Å². The molecular formula is C12H16N2O2. The molecule has 0 saturated carbocycles. The highest BCUT2D eigenvalue weighted by Gasteiger charge is 2.25. The van der Waals surface area contributed by atoms with E-state index in [0.29, 0.717) is 6.54 Å². The fourth-order valence-electron chi connectivity index (χ4n) is 1.97. The Morgan fingerprint density at radius 1 is 1.50 bits per heavy atom. The van der Waals surface area contributed by atoms with Crippen molar-refractivity contribution < 1.29 is 9.53 Å². The van der Waals surface area contributed by atoms with Crippen molar-refractivity contribution in [2.75, 3.05) is 25.1 Å².